The third-order valence-electron chi connectivity index (χ3n) is 4.56. The number of anilines is 1. The first kappa shape index (κ1) is 23.7. The number of methoxy groups -OCH3 is 2. The molecule has 7 heteroatoms. The van der Waals surface area contributed by atoms with Gasteiger partial charge in [0.05, 0.1) is 26.4 Å². The minimum Gasteiger partial charge on any atom is -0.493 e. The predicted octanol–water partition coefficient (Wildman–Crippen LogP) is 5.38. The van der Waals surface area contributed by atoms with E-state index in [9.17, 15) is 9.59 Å². The van der Waals surface area contributed by atoms with Gasteiger partial charge in [-0.1, -0.05) is 35.7 Å². The molecule has 0 aliphatic heterocycles. The minimum absolute atomic E-state index is 0.119. The molecular formula is C23H28BrNO5. The highest BCUT2D eigenvalue weighted by Gasteiger charge is 2.12. The number of hydrogen-bond acceptors (Lipinski definition) is 5. The molecule has 162 valence electrons. The van der Waals surface area contributed by atoms with Crippen molar-refractivity contribution < 1.29 is 23.8 Å². The summed E-state index contributed by atoms with van der Waals surface area (Å²) >= 11 is 3.51. The predicted molar refractivity (Wildman–Crippen MR) is 120 cm³/mol. The van der Waals surface area contributed by atoms with Crippen LogP contribution >= 0.6 is 15.9 Å². The van der Waals surface area contributed by atoms with Crippen molar-refractivity contribution in [3.8, 4) is 11.5 Å². The molecule has 0 aliphatic carbocycles. The summed E-state index contributed by atoms with van der Waals surface area (Å²) in [6, 6.07) is 10.4. The number of ether oxygens (including phenoxy) is 3. The van der Waals surface area contributed by atoms with E-state index in [1.807, 2.05) is 12.1 Å². The van der Waals surface area contributed by atoms with E-state index in [0.29, 0.717) is 42.2 Å². The third kappa shape index (κ3) is 7.06. The summed E-state index contributed by atoms with van der Waals surface area (Å²) < 4.78 is 16.7. The van der Waals surface area contributed by atoms with Crippen LogP contribution in [0.2, 0.25) is 0 Å². The molecule has 1 N–H and O–H groups in total. The van der Waals surface area contributed by atoms with Gasteiger partial charge in [-0.15, -0.1) is 0 Å². The van der Waals surface area contributed by atoms with E-state index in [4.69, 9.17) is 14.2 Å². The maximum Gasteiger partial charge on any atom is 0.338 e. The zero-order valence-electron chi connectivity index (χ0n) is 17.6. The summed E-state index contributed by atoms with van der Waals surface area (Å²) in [7, 11) is 3.15. The molecule has 2 rings (SSSR count). The number of benzene rings is 2. The lowest BCUT2D eigenvalue weighted by Gasteiger charge is -2.12. The van der Waals surface area contributed by atoms with Gasteiger partial charge in [0, 0.05) is 16.6 Å². The van der Waals surface area contributed by atoms with Gasteiger partial charge in [-0.3, -0.25) is 4.79 Å². The van der Waals surface area contributed by atoms with Gasteiger partial charge in [0.25, 0.3) is 0 Å². The number of esters is 1. The van der Waals surface area contributed by atoms with Crippen molar-refractivity contribution in [2.75, 3.05) is 26.1 Å². The van der Waals surface area contributed by atoms with Gasteiger partial charge in [0.15, 0.2) is 11.5 Å². The SMILES string of the molecule is CCCCCOC(=O)c1ccc(NC(=O)CCc2cc(OC)c(OC)cc2Br)cc1. The molecule has 2 aromatic rings. The lowest BCUT2D eigenvalue weighted by atomic mass is 10.1. The van der Waals surface area contributed by atoms with Gasteiger partial charge in [0.2, 0.25) is 5.91 Å². The smallest absolute Gasteiger partial charge is 0.338 e. The lowest BCUT2D eigenvalue weighted by Crippen LogP contribution is -2.13. The van der Waals surface area contributed by atoms with Gasteiger partial charge < -0.3 is 19.5 Å². The van der Waals surface area contributed by atoms with E-state index in [1.54, 1.807) is 38.5 Å². The van der Waals surface area contributed by atoms with Crippen molar-refractivity contribution in [1.29, 1.82) is 0 Å². The van der Waals surface area contributed by atoms with Crippen molar-refractivity contribution in [3.63, 3.8) is 0 Å². The average molecular weight is 478 g/mol. The van der Waals surface area contributed by atoms with E-state index in [1.165, 1.54) is 0 Å². The monoisotopic (exact) mass is 477 g/mol. The van der Waals surface area contributed by atoms with Crippen LogP contribution in [0.3, 0.4) is 0 Å². The molecule has 2 aromatic carbocycles. The van der Waals surface area contributed by atoms with E-state index < -0.39 is 0 Å². The van der Waals surface area contributed by atoms with E-state index in [2.05, 4.69) is 28.2 Å². The Kier molecular flexibility index (Phi) is 9.67. The molecule has 0 aliphatic rings. The van der Waals surface area contributed by atoms with E-state index >= 15 is 0 Å². The standard InChI is InChI=1S/C23H28BrNO5/c1-4-5-6-13-30-23(27)16-7-10-18(11-8-16)25-22(26)12-9-17-14-20(28-2)21(29-3)15-19(17)24/h7-8,10-11,14-15H,4-6,9,12-13H2,1-3H3,(H,25,26). The van der Waals surface area contributed by atoms with Gasteiger partial charge in [-0.05, 0) is 54.8 Å². The van der Waals surface area contributed by atoms with E-state index in [0.717, 1.165) is 29.3 Å². The fourth-order valence-corrected chi connectivity index (χ4v) is 3.37. The minimum atomic E-state index is -0.345. The summed E-state index contributed by atoms with van der Waals surface area (Å²) in [4.78, 5) is 24.3. The first-order valence-electron chi connectivity index (χ1n) is 9.96. The highest BCUT2D eigenvalue weighted by atomic mass is 79.9. The Morgan fingerprint density at radius 2 is 1.67 bits per heavy atom. The van der Waals surface area contributed by atoms with Crippen molar-refractivity contribution in [2.24, 2.45) is 0 Å². The molecule has 0 fully saturated rings. The van der Waals surface area contributed by atoms with Crippen molar-refractivity contribution in [3.05, 3.63) is 52.0 Å². The molecule has 0 bridgehead atoms. The zero-order valence-corrected chi connectivity index (χ0v) is 19.2. The zero-order chi connectivity index (χ0) is 21.9. The lowest BCUT2D eigenvalue weighted by molar-refractivity contribution is -0.116. The van der Waals surface area contributed by atoms with Gasteiger partial charge in [-0.25, -0.2) is 4.79 Å². The Morgan fingerprint density at radius 1 is 1.00 bits per heavy atom. The fourth-order valence-electron chi connectivity index (χ4n) is 2.85. The van der Waals surface area contributed by atoms with Crippen LogP contribution < -0.4 is 14.8 Å². The van der Waals surface area contributed by atoms with Crippen molar-refractivity contribution in [2.45, 2.75) is 39.0 Å². The second-order valence-corrected chi connectivity index (χ2v) is 7.62. The molecule has 0 saturated heterocycles. The maximum atomic E-state index is 12.3. The summed E-state index contributed by atoms with van der Waals surface area (Å²) in [6.45, 7) is 2.53. The Hall–Kier alpha value is -2.54. The number of nitrogens with one attached hydrogen (secondary N) is 1. The average Bonchev–Trinajstić information content (AvgIpc) is 2.76. The molecule has 0 atom stereocenters. The Labute approximate surface area is 186 Å². The number of rotatable bonds is 11. The summed E-state index contributed by atoms with van der Waals surface area (Å²) in [5.74, 6) is 0.781. The fraction of sp³-hybridized carbons (Fsp3) is 0.391. The molecule has 0 unspecified atom stereocenters. The third-order valence-corrected chi connectivity index (χ3v) is 5.30. The van der Waals surface area contributed by atoms with Crippen LogP contribution in [0, 0.1) is 0 Å². The second kappa shape index (κ2) is 12.2. The highest BCUT2D eigenvalue weighted by molar-refractivity contribution is 9.10. The largest absolute Gasteiger partial charge is 0.493 e. The van der Waals surface area contributed by atoms with Crippen LogP contribution in [0.5, 0.6) is 11.5 Å². The quantitative estimate of drug-likeness (QED) is 0.347. The first-order chi connectivity index (χ1) is 14.5. The number of hydrogen-bond donors (Lipinski definition) is 1. The van der Waals surface area contributed by atoms with Crippen LogP contribution in [0.1, 0.15) is 48.5 Å². The van der Waals surface area contributed by atoms with Crippen molar-refractivity contribution in [1.82, 2.24) is 0 Å². The number of aryl methyl sites for hydroxylation is 1. The molecule has 30 heavy (non-hydrogen) atoms. The Morgan fingerprint density at radius 3 is 2.30 bits per heavy atom. The normalized spacial score (nSPS) is 10.4. The highest BCUT2D eigenvalue weighted by Crippen LogP contribution is 2.33. The van der Waals surface area contributed by atoms with Crippen molar-refractivity contribution >= 4 is 33.5 Å². The Balaban J connectivity index is 1.87. The van der Waals surface area contributed by atoms with Crippen LogP contribution in [-0.2, 0) is 16.0 Å². The molecular weight excluding hydrogens is 450 g/mol. The van der Waals surface area contributed by atoms with Gasteiger partial charge in [-0.2, -0.15) is 0 Å². The van der Waals surface area contributed by atoms with Crippen LogP contribution in [-0.4, -0.2) is 32.7 Å². The summed E-state index contributed by atoms with van der Waals surface area (Å²) in [5.41, 5.74) is 2.05. The topological polar surface area (TPSA) is 73.9 Å². The molecule has 0 heterocycles. The molecule has 0 saturated carbocycles. The Bertz CT molecular complexity index is 851. The van der Waals surface area contributed by atoms with E-state index in [-0.39, 0.29) is 11.9 Å². The number of unbranched alkanes of at least 4 members (excludes halogenated alkanes) is 2. The van der Waals surface area contributed by atoms with Crippen LogP contribution in [0.15, 0.2) is 40.9 Å². The molecule has 0 aromatic heterocycles. The van der Waals surface area contributed by atoms with Crippen LogP contribution in [0.4, 0.5) is 5.69 Å². The molecule has 0 radical (unpaired) electrons. The molecule has 1 amide bonds. The van der Waals surface area contributed by atoms with Gasteiger partial charge in [0.1, 0.15) is 0 Å². The number of carbonyl (C=O) groups excluding carboxylic acids is 2. The second-order valence-electron chi connectivity index (χ2n) is 6.77. The molecule has 0 spiro atoms. The summed E-state index contributed by atoms with van der Waals surface area (Å²) in [6.07, 6.45) is 3.82. The number of halogens is 1. The molecule has 6 nitrogen and oxygen atoms in total. The van der Waals surface area contributed by atoms with Gasteiger partial charge >= 0.3 is 5.97 Å². The maximum absolute atomic E-state index is 12.3. The number of amides is 1. The van der Waals surface area contributed by atoms with Crippen LogP contribution in [0.25, 0.3) is 0 Å². The number of carbonyl (C=O) groups is 2. The summed E-state index contributed by atoms with van der Waals surface area (Å²) in [5, 5.41) is 2.85. The first-order valence-corrected chi connectivity index (χ1v) is 10.7.